The number of carbonyl (C=O) groups is 2. The highest BCUT2D eigenvalue weighted by atomic mass is 79.9. The molecule has 2 heterocycles. The molecule has 2 amide bonds. The van der Waals surface area contributed by atoms with Crippen molar-refractivity contribution in [3.05, 3.63) is 70.1 Å². The maximum atomic E-state index is 15.6. The highest BCUT2D eigenvalue weighted by Gasteiger charge is 2.61. The standard InChI is InChI=1S/C28H26BrF2N5O3/c1-27(2,3)39-26(38)34-24-23-12-32-14-35(23)22-7-18(20(31)8-21(22)33-24)25(37)36(28-9-15(10-28)11-28)13-16-4-5-17(29)6-19(16)30/h4-8,12,14-15H,9-11,13H2,1-3H3,(H,33,34,38). The van der Waals surface area contributed by atoms with Crippen LogP contribution in [-0.2, 0) is 11.3 Å². The lowest BCUT2D eigenvalue weighted by molar-refractivity contribution is -0.127. The zero-order valence-corrected chi connectivity index (χ0v) is 23.2. The van der Waals surface area contributed by atoms with Crippen LogP contribution in [0.15, 0.2) is 47.3 Å². The number of amides is 2. The van der Waals surface area contributed by atoms with Gasteiger partial charge in [0, 0.05) is 28.2 Å². The SMILES string of the molecule is CC(C)(C)OC(=O)Nc1nc2cc(F)c(C(=O)N(Cc3ccc(Br)cc3F)C34CC(C3)C4)cc2n2cncc12. The molecule has 11 heteroatoms. The average Bonchev–Trinajstić information content (AvgIpc) is 3.26. The molecule has 0 unspecified atom stereocenters. The Balaban J connectivity index is 1.38. The molecule has 8 nitrogen and oxygen atoms in total. The lowest BCUT2D eigenvalue weighted by Crippen LogP contribution is -2.69. The first-order valence-corrected chi connectivity index (χ1v) is 13.4. The zero-order chi connectivity index (χ0) is 27.7. The minimum absolute atomic E-state index is 0.0413. The van der Waals surface area contributed by atoms with Crippen molar-refractivity contribution in [3.63, 3.8) is 0 Å². The molecule has 3 fully saturated rings. The third-order valence-electron chi connectivity index (χ3n) is 7.45. The molecule has 3 aliphatic carbocycles. The van der Waals surface area contributed by atoms with E-state index >= 15 is 4.39 Å². The first-order valence-electron chi connectivity index (χ1n) is 12.6. The summed E-state index contributed by atoms with van der Waals surface area (Å²) in [5.74, 6) is -0.979. The Morgan fingerprint density at radius 3 is 2.54 bits per heavy atom. The fraction of sp³-hybridized carbons (Fsp3) is 0.357. The van der Waals surface area contributed by atoms with Crippen LogP contribution in [0.2, 0.25) is 0 Å². The molecule has 0 spiro atoms. The van der Waals surface area contributed by atoms with Crippen molar-refractivity contribution >= 4 is 50.3 Å². The van der Waals surface area contributed by atoms with E-state index in [1.807, 2.05) is 0 Å². The molecule has 4 aromatic rings. The Morgan fingerprint density at radius 2 is 1.90 bits per heavy atom. The first-order chi connectivity index (χ1) is 18.4. The lowest BCUT2D eigenvalue weighted by Gasteiger charge is -2.66. The van der Waals surface area contributed by atoms with Gasteiger partial charge >= 0.3 is 6.09 Å². The molecule has 2 aromatic heterocycles. The molecule has 1 N–H and O–H groups in total. The number of hydrogen-bond acceptors (Lipinski definition) is 5. The quantitative estimate of drug-likeness (QED) is 0.285. The molecule has 2 bridgehead atoms. The normalized spacial score (nSPS) is 19.9. The van der Waals surface area contributed by atoms with Crippen molar-refractivity contribution in [2.24, 2.45) is 5.92 Å². The second kappa shape index (κ2) is 8.97. The van der Waals surface area contributed by atoms with E-state index in [1.54, 1.807) is 42.2 Å². The summed E-state index contributed by atoms with van der Waals surface area (Å²) in [6.07, 6.45) is 4.80. The second-order valence-corrected chi connectivity index (χ2v) is 12.3. The van der Waals surface area contributed by atoms with E-state index in [-0.39, 0.29) is 29.0 Å². The van der Waals surface area contributed by atoms with Crippen molar-refractivity contribution in [1.29, 1.82) is 0 Å². The zero-order valence-electron chi connectivity index (χ0n) is 21.6. The summed E-state index contributed by atoms with van der Waals surface area (Å²) < 4.78 is 37.9. The number of carbonyl (C=O) groups excluding carboxylic acids is 2. The number of imidazole rings is 1. The van der Waals surface area contributed by atoms with Gasteiger partial charge in [0.15, 0.2) is 5.82 Å². The highest BCUT2D eigenvalue weighted by Crippen LogP contribution is 2.61. The topological polar surface area (TPSA) is 88.8 Å². The van der Waals surface area contributed by atoms with Crippen LogP contribution >= 0.6 is 15.9 Å². The molecule has 202 valence electrons. The molecule has 2 aromatic carbocycles. The maximum absolute atomic E-state index is 15.6. The Hall–Kier alpha value is -3.60. The molecular weight excluding hydrogens is 572 g/mol. The number of halogens is 3. The van der Waals surface area contributed by atoms with E-state index in [4.69, 9.17) is 4.74 Å². The van der Waals surface area contributed by atoms with Gasteiger partial charge in [-0.1, -0.05) is 22.0 Å². The molecule has 3 saturated carbocycles. The van der Waals surface area contributed by atoms with Gasteiger partial charge in [-0.25, -0.2) is 23.5 Å². The van der Waals surface area contributed by atoms with Crippen molar-refractivity contribution in [2.75, 3.05) is 5.32 Å². The van der Waals surface area contributed by atoms with Gasteiger partial charge in [0.05, 0.1) is 29.1 Å². The van der Waals surface area contributed by atoms with Crippen LogP contribution in [0, 0.1) is 17.6 Å². The van der Waals surface area contributed by atoms with E-state index in [9.17, 15) is 14.0 Å². The molecule has 0 radical (unpaired) electrons. The molecular formula is C28H26BrF2N5O3. The van der Waals surface area contributed by atoms with E-state index in [0.717, 1.165) is 19.3 Å². The number of rotatable bonds is 5. The number of aromatic nitrogens is 3. The Bertz CT molecular complexity index is 1650. The van der Waals surface area contributed by atoms with Gasteiger partial charge in [-0.3, -0.25) is 14.5 Å². The lowest BCUT2D eigenvalue weighted by atomic mass is 9.49. The fourth-order valence-corrected chi connectivity index (χ4v) is 5.85. The van der Waals surface area contributed by atoms with Gasteiger partial charge < -0.3 is 9.64 Å². The van der Waals surface area contributed by atoms with Crippen molar-refractivity contribution in [2.45, 2.75) is 57.7 Å². The first kappa shape index (κ1) is 25.7. The van der Waals surface area contributed by atoms with Gasteiger partial charge in [0.25, 0.3) is 5.91 Å². The van der Waals surface area contributed by atoms with Crippen molar-refractivity contribution in [3.8, 4) is 0 Å². The monoisotopic (exact) mass is 597 g/mol. The average molecular weight is 598 g/mol. The van der Waals surface area contributed by atoms with E-state index in [1.165, 1.54) is 30.7 Å². The summed E-state index contributed by atoms with van der Waals surface area (Å²) in [5, 5.41) is 2.60. The summed E-state index contributed by atoms with van der Waals surface area (Å²) in [6.45, 7) is 5.26. The van der Waals surface area contributed by atoms with Crippen molar-refractivity contribution in [1.82, 2.24) is 19.3 Å². The third-order valence-corrected chi connectivity index (χ3v) is 7.95. The minimum Gasteiger partial charge on any atom is -0.444 e. The van der Waals surface area contributed by atoms with Gasteiger partial charge in [0.2, 0.25) is 0 Å². The van der Waals surface area contributed by atoms with Crippen LogP contribution in [0.5, 0.6) is 0 Å². The van der Waals surface area contributed by atoms with Gasteiger partial charge in [-0.15, -0.1) is 0 Å². The van der Waals surface area contributed by atoms with Crippen LogP contribution in [-0.4, -0.2) is 42.4 Å². The fourth-order valence-electron chi connectivity index (χ4n) is 5.51. The van der Waals surface area contributed by atoms with Crippen LogP contribution in [0.1, 0.15) is 56.0 Å². The number of ether oxygens (including phenoxy) is 1. The highest BCUT2D eigenvalue weighted by molar-refractivity contribution is 9.10. The van der Waals surface area contributed by atoms with Crippen LogP contribution in [0.3, 0.4) is 0 Å². The maximum Gasteiger partial charge on any atom is 0.413 e. The summed E-state index contributed by atoms with van der Waals surface area (Å²) in [7, 11) is 0. The number of nitrogens with zero attached hydrogens (tertiary/aromatic N) is 4. The van der Waals surface area contributed by atoms with Crippen LogP contribution in [0.25, 0.3) is 16.6 Å². The number of anilines is 1. The molecule has 0 saturated heterocycles. The predicted octanol–water partition coefficient (Wildman–Crippen LogP) is 6.47. The molecule has 39 heavy (non-hydrogen) atoms. The van der Waals surface area contributed by atoms with Crippen LogP contribution < -0.4 is 5.32 Å². The molecule has 7 rings (SSSR count). The molecule has 0 aliphatic heterocycles. The molecule has 3 aliphatic rings. The van der Waals surface area contributed by atoms with E-state index in [0.29, 0.717) is 27.0 Å². The molecule has 0 atom stereocenters. The number of benzene rings is 2. The Labute approximate surface area is 231 Å². The van der Waals surface area contributed by atoms with Crippen LogP contribution in [0.4, 0.5) is 19.4 Å². The van der Waals surface area contributed by atoms with Gasteiger partial charge in [-0.05, 0) is 64.2 Å². The number of nitrogens with one attached hydrogen (secondary N) is 1. The number of hydrogen-bond donors (Lipinski definition) is 1. The summed E-state index contributed by atoms with van der Waals surface area (Å²) in [6, 6.07) is 7.34. The van der Waals surface area contributed by atoms with Gasteiger partial charge in [0.1, 0.15) is 22.8 Å². The number of fused-ring (bicyclic) bond motifs is 3. The van der Waals surface area contributed by atoms with E-state index in [2.05, 4.69) is 31.2 Å². The third kappa shape index (κ3) is 4.52. The largest absolute Gasteiger partial charge is 0.444 e. The second-order valence-electron chi connectivity index (χ2n) is 11.4. The van der Waals surface area contributed by atoms with E-state index < -0.39 is 29.2 Å². The van der Waals surface area contributed by atoms with Gasteiger partial charge in [-0.2, -0.15) is 0 Å². The van der Waals surface area contributed by atoms with Crippen molar-refractivity contribution < 1.29 is 23.1 Å². The Kier molecular flexibility index (Phi) is 5.90. The smallest absolute Gasteiger partial charge is 0.413 e. The summed E-state index contributed by atoms with van der Waals surface area (Å²) in [5.41, 5.74) is 0.248. The summed E-state index contributed by atoms with van der Waals surface area (Å²) in [4.78, 5) is 36.5. The minimum atomic E-state index is -0.754. The summed E-state index contributed by atoms with van der Waals surface area (Å²) >= 11 is 3.27. The predicted molar refractivity (Wildman–Crippen MR) is 144 cm³/mol. The Morgan fingerprint density at radius 1 is 1.15 bits per heavy atom.